The molecule has 1 aromatic heterocycles. The lowest BCUT2D eigenvalue weighted by Gasteiger charge is -2.24. The number of hydrogen-bond acceptors (Lipinski definition) is 5. The molecule has 0 atom stereocenters. The molecule has 4 nitrogen and oxygen atoms in total. The number of thiophene rings is 1. The first-order chi connectivity index (χ1) is 11.8. The van der Waals surface area contributed by atoms with Crippen molar-refractivity contribution >= 4 is 37.8 Å². The smallest absolute Gasteiger partial charge is 0.168 e. The largest absolute Gasteiger partial charge is 0.258 e. The molecule has 0 amide bonds. The fourth-order valence-electron chi connectivity index (χ4n) is 2.68. The quantitative estimate of drug-likeness (QED) is 0.514. The van der Waals surface area contributed by atoms with Gasteiger partial charge in [-0.15, -0.1) is 11.3 Å². The van der Waals surface area contributed by atoms with E-state index >= 15 is 0 Å². The molecule has 1 aromatic carbocycles. The molecular formula is C19H27N4PS. The summed E-state index contributed by atoms with van der Waals surface area (Å²) in [7, 11) is 7.59. The van der Waals surface area contributed by atoms with Crippen LogP contribution in [0.2, 0.25) is 0 Å². The van der Waals surface area contributed by atoms with Gasteiger partial charge in [0.05, 0.1) is 5.69 Å². The Labute approximate surface area is 156 Å². The number of aliphatic imine (C=N–C) groups is 1. The molecule has 25 heavy (non-hydrogen) atoms. The van der Waals surface area contributed by atoms with Crippen LogP contribution in [0.4, 0.5) is 5.69 Å². The highest BCUT2D eigenvalue weighted by Crippen LogP contribution is 2.40. The van der Waals surface area contributed by atoms with E-state index in [1.165, 1.54) is 16.7 Å². The first kappa shape index (κ1) is 19.9. The van der Waals surface area contributed by atoms with Crippen LogP contribution in [-0.2, 0) is 0 Å². The highest BCUT2D eigenvalue weighted by molar-refractivity contribution is 7.51. The minimum absolute atomic E-state index is 0.640. The van der Waals surface area contributed by atoms with Crippen molar-refractivity contribution in [2.24, 2.45) is 9.76 Å². The summed E-state index contributed by atoms with van der Waals surface area (Å²) in [6.45, 7) is 6.35. The van der Waals surface area contributed by atoms with Crippen molar-refractivity contribution in [3.63, 3.8) is 0 Å². The van der Waals surface area contributed by atoms with Gasteiger partial charge >= 0.3 is 0 Å². The van der Waals surface area contributed by atoms with Crippen molar-refractivity contribution < 1.29 is 0 Å². The molecule has 0 aliphatic carbocycles. The van der Waals surface area contributed by atoms with Gasteiger partial charge in [0.2, 0.25) is 0 Å². The summed E-state index contributed by atoms with van der Waals surface area (Å²) in [5.41, 5.74) is 4.78. The summed E-state index contributed by atoms with van der Waals surface area (Å²) in [6, 6.07) is 8.55. The van der Waals surface area contributed by atoms with E-state index in [1.54, 1.807) is 11.3 Å². The lowest BCUT2D eigenvalue weighted by Crippen LogP contribution is -2.15. The van der Waals surface area contributed by atoms with Crippen molar-refractivity contribution in [2.45, 2.75) is 20.8 Å². The van der Waals surface area contributed by atoms with Crippen LogP contribution in [0.3, 0.4) is 0 Å². The van der Waals surface area contributed by atoms with Crippen molar-refractivity contribution in [1.82, 2.24) is 9.34 Å². The minimum Gasteiger partial charge on any atom is -0.258 e. The average Bonchev–Trinajstić information content (AvgIpc) is 2.93. The molecule has 0 radical (unpaired) electrons. The zero-order valence-electron chi connectivity index (χ0n) is 16.1. The van der Waals surface area contributed by atoms with E-state index < -0.39 is 8.37 Å². The van der Waals surface area contributed by atoms with Crippen LogP contribution in [0.5, 0.6) is 0 Å². The van der Waals surface area contributed by atoms with Gasteiger partial charge in [-0.1, -0.05) is 17.7 Å². The molecule has 0 aliphatic heterocycles. The van der Waals surface area contributed by atoms with Gasteiger partial charge in [-0.25, -0.2) is 4.76 Å². The fraction of sp³-hybridized carbons (Fsp3) is 0.368. The first-order valence-electron chi connectivity index (χ1n) is 8.18. The third-order valence-electron chi connectivity index (χ3n) is 3.61. The Kier molecular flexibility index (Phi) is 7.03. The van der Waals surface area contributed by atoms with Gasteiger partial charge in [0.1, 0.15) is 0 Å². The summed E-state index contributed by atoms with van der Waals surface area (Å²) in [4.78, 5) is 7.00. The molecule has 6 heteroatoms. The second-order valence-electron chi connectivity index (χ2n) is 6.45. The standard InChI is InChI=1S/C19H27N4PS/c1-14-10-15(2)19(16(3)11-14)20-12-17-8-9-18(25-17)13-21-24(22(4)5)23(6)7/h8-13H,1-7H3/b20-12?,21-13+. The lowest BCUT2D eigenvalue weighted by molar-refractivity contribution is 0.575. The van der Waals surface area contributed by atoms with E-state index in [2.05, 4.69) is 82.6 Å². The van der Waals surface area contributed by atoms with Crippen LogP contribution in [0.15, 0.2) is 34.0 Å². The average molecular weight is 374 g/mol. The van der Waals surface area contributed by atoms with Gasteiger partial charge in [0, 0.05) is 22.2 Å². The Morgan fingerprint density at radius 1 is 0.880 bits per heavy atom. The van der Waals surface area contributed by atoms with Crippen LogP contribution in [0, 0.1) is 20.8 Å². The van der Waals surface area contributed by atoms with E-state index in [0.717, 1.165) is 15.4 Å². The predicted molar refractivity (Wildman–Crippen MR) is 114 cm³/mol. The molecular weight excluding hydrogens is 347 g/mol. The van der Waals surface area contributed by atoms with Crippen molar-refractivity contribution in [3.8, 4) is 0 Å². The van der Waals surface area contributed by atoms with Gasteiger partial charge in [0.15, 0.2) is 8.37 Å². The molecule has 134 valence electrons. The molecule has 2 aromatic rings. The summed E-state index contributed by atoms with van der Waals surface area (Å²) in [6.07, 6.45) is 3.92. The number of rotatable bonds is 6. The second-order valence-corrected chi connectivity index (χ2v) is 9.97. The second kappa shape index (κ2) is 8.81. The van der Waals surface area contributed by atoms with E-state index in [-0.39, 0.29) is 0 Å². The zero-order valence-corrected chi connectivity index (χ0v) is 17.8. The molecule has 2 rings (SSSR count). The molecule has 0 spiro atoms. The Hall–Kier alpha value is -1.39. The van der Waals surface area contributed by atoms with Crippen LogP contribution in [0.1, 0.15) is 26.4 Å². The van der Waals surface area contributed by atoms with Crippen molar-refractivity contribution in [2.75, 3.05) is 28.2 Å². The normalized spacial score (nSPS) is 12.6. The van der Waals surface area contributed by atoms with Gasteiger partial charge in [-0.2, -0.15) is 0 Å². The van der Waals surface area contributed by atoms with Crippen LogP contribution >= 0.6 is 19.7 Å². The Bertz CT molecular complexity index is 746. The minimum atomic E-state index is -0.640. The van der Waals surface area contributed by atoms with Crippen molar-refractivity contribution in [3.05, 3.63) is 50.7 Å². The summed E-state index contributed by atoms with van der Waals surface area (Å²) in [5.74, 6) is 0. The zero-order chi connectivity index (χ0) is 18.6. The van der Waals surface area contributed by atoms with E-state index in [9.17, 15) is 0 Å². The maximum atomic E-state index is 4.72. The molecule has 1 heterocycles. The van der Waals surface area contributed by atoms with E-state index in [4.69, 9.17) is 9.76 Å². The third kappa shape index (κ3) is 5.55. The van der Waals surface area contributed by atoms with Crippen molar-refractivity contribution in [1.29, 1.82) is 0 Å². The Morgan fingerprint density at radius 3 is 1.92 bits per heavy atom. The maximum absolute atomic E-state index is 4.72. The fourth-order valence-corrected chi connectivity index (χ4v) is 4.87. The number of benzene rings is 1. The monoisotopic (exact) mass is 374 g/mol. The molecule has 0 bridgehead atoms. The summed E-state index contributed by atoms with van der Waals surface area (Å²) in [5, 5.41) is 0. The highest BCUT2D eigenvalue weighted by Gasteiger charge is 2.11. The summed E-state index contributed by atoms with van der Waals surface area (Å²) < 4.78 is 9.01. The third-order valence-corrected chi connectivity index (χ3v) is 6.32. The number of hydrogen-bond donors (Lipinski definition) is 0. The number of aryl methyl sites for hydroxylation is 3. The van der Waals surface area contributed by atoms with Gasteiger partial charge < -0.3 is 0 Å². The highest BCUT2D eigenvalue weighted by atomic mass is 32.1. The maximum Gasteiger partial charge on any atom is 0.168 e. The molecule has 0 aliphatic rings. The predicted octanol–water partition coefficient (Wildman–Crippen LogP) is 5.19. The van der Waals surface area contributed by atoms with Crippen LogP contribution in [-0.4, -0.2) is 50.0 Å². The topological polar surface area (TPSA) is 31.2 Å². The molecule has 0 saturated heterocycles. The Morgan fingerprint density at radius 2 is 1.40 bits per heavy atom. The number of nitrogens with zero attached hydrogens (tertiary/aromatic N) is 4. The Balaban J connectivity index is 2.14. The van der Waals surface area contributed by atoms with Crippen LogP contribution in [0.25, 0.3) is 0 Å². The lowest BCUT2D eigenvalue weighted by atomic mass is 10.1. The summed E-state index contributed by atoms with van der Waals surface area (Å²) >= 11 is 1.71. The van der Waals surface area contributed by atoms with Gasteiger partial charge in [-0.3, -0.25) is 14.3 Å². The SMILES string of the molecule is Cc1cc(C)c(N=Cc2ccc(/C=N/P(N(C)C)N(C)C)s2)c(C)c1. The molecule has 0 saturated carbocycles. The van der Waals surface area contributed by atoms with E-state index in [1.807, 2.05) is 12.4 Å². The first-order valence-corrected chi connectivity index (χ1v) is 10.2. The molecule has 0 fully saturated rings. The van der Waals surface area contributed by atoms with Gasteiger partial charge in [-0.05, 0) is 72.2 Å². The van der Waals surface area contributed by atoms with Crippen LogP contribution < -0.4 is 0 Å². The molecule has 0 unspecified atom stereocenters. The van der Waals surface area contributed by atoms with Gasteiger partial charge in [0.25, 0.3) is 0 Å². The van der Waals surface area contributed by atoms with E-state index in [0.29, 0.717) is 0 Å². The molecule has 0 N–H and O–H groups in total.